The summed E-state index contributed by atoms with van der Waals surface area (Å²) in [6.07, 6.45) is 4.87. The fourth-order valence-electron chi connectivity index (χ4n) is 2.09. The lowest BCUT2D eigenvalue weighted by Crippen LogP contribution is -2.18. The average molecular weight is 425 g/mol. The number of benzene rings is 1. The smallest absolute Gasteiger partial charge is 0.246 e. The van der Waals surface area contributed by atoms with Crippen LogP contribution in [0.1, 0.15) is 5.69 Å². The third kappa shape index (κ3) is 4.83. The number of aromatic nitrogens is 4. The molecule has 1 N–H and O–H groups in total. The minimum Gasteiger partial charge on any atom is -0.471 e. The molecule has 3 rings (SSSR count). The van der Waals surface area contributed by atoms with Gasteiger partial charge in [0.2, 0.25) is 5.91 Å². The first-order valence-corrected chi connectivity index (χ1v) is 8.57. The Morgan fingerprint density at radius 3 is 2.72 bits per heavy atom. The Kier molecular flexibility index (Phi) is 5.40. The van der Waals surface area contributed by atoms with Gasteiger partial charge in [-0.3, -0.25) is 9.48 Å². The third-order valence-electron chi connectivity index (χ3n) is 3.29. The number of anilines is 1. The number of aryl methyl sites for hydroxylation is 1. The van der Waals surface area contributed by atoms with Gasteiger partial charge in [-0.25, -0.2) is 4.68 Å². The highest BCUT2D eigenvalue weighted by molar-refractivity contribution is 9.10. The molecule has 0 fully saturated rings. The van der Waals surface area contributed by atoms with E-state index in [1.807, 2.05) is 24.3 Å². The van der Waals surface area contributed by atoms with Crippen molar-refractivity contribution in [2.75, 3.05) is 5.32 Å². The van der Waals surface area contributed by atoms with Crippen molar-refractivity contribution >= 4 is 39.1 Å². The molecule has 0 atom stereocenters. The van der Waals surface area contributed by atoms with Gasteiger partial charge >= 0.3 is 0 Å². The molecule has 7 nitrogen and oxygen atoms in total. The minimum atomic E-state index is -0.215. The van der Waals surface area contributed by atoms with Gasteiger partial charge in [0.1, 0.15) is 12.3 Å². The minimum absolute atomic E-state index is 0.0775. The first kappa shape index (κ1) is 17.5. The number of nitrogens with one attached hydrogen (secondary N) is 1. The summed E-state index contributed by atoms with van der Waals surface area (Å²) >= 11 is 9.30. The zero-order chi connectivity index (χ0) is 17.8. The number of carbonyl (C=O) groups excluding carboxylic acids is 1. The standard InChI is InChI=1S/C16H15BrClN5O2/c1-11-15(18)8-22(21-11)9-16(24)20-13-6-19-23(7-13)10-25-14-4-2-12(17)3-5-14/h2-8H,9-10H2,1H3,(H,20,24). The molecule has 0 aliphatic heterocycles. The molecule has 0 bridgehead atoms. The number of rotatable bonds is 6. The summed E-state index contributed by atoms with van der Waals surface area (Å²) in [7, 11) is 0. The maximum atomic E-state index is 12.0. The number of hydrogen-bond donors (Lipinski definition) is 1. The summed E-state index contributed by atoms with van der Waals surface area (Å²) in [5.41, 5.74) is 1.27. The Labute approximate surface area is 157 Å². The Balaban J connectivity index is 1.52. The van der Waals surface area contributed by atoms with Crippen LogP contribution >= 0.6 is 27.5 Å². The molecule has 2 heterocycles. The van der Waals surface area contributed by atoms with Crippen LogP contribution in [0, 0.1) is 6.92 Å². The quantitative estimate of drug-likeness (QED) is 0.657. The Bertz CT molecular complexity index is 856. The van der Waals surface area contributed by atoms with E-state index >= 15 is 0 Å². The van der Waals surface area contributed by atoms with Gasteiger partial charge in [-0.15, -0.1) is 0 Å². The van der Waals surface area contributed by atoms with Crippen LogP contribution in [0.4, 0.5) is 5.69 Å². The molecular formula is C16H15BrClN5O2. The van der Waals surface area contributed by atoms with Crippen LogP contribution < -0.4 is 10.1 Å². The Morgan fingerprint density at radius 1 is 1.28 bits per heavy atom. The van der Waals surface area contributed by atoms with Crippen LogP contribution in [-0.4, -0.2) is 25.5 Å². The number of hydrogen-bond acceptors (Lipinski definition) is 4. The van der Waals surface area contributed by atoms with E-state index in [0.29, 0.717) is 16.4 Å². The maximum absolute atomic E-state index is 12.0. The second-order valence-corrected chi connectivity index (χ2v) is 6.63. The van der Waals surface area contributed by atoms with Crippen molar-refractivity contribution in [3.05, 3.63) is 58.0 Å². The average Bonchev–Trinajstić information content (AvgIpc) is 3.13. The van der Waals surface area contributed by atoms with E-state index in [1.165, 1.54) is 4.68 Å². The molecule has 0 spiro atoms. The van der Waals surface area contributed by atoms with E-state index in [4.69, 9.17) is 16.3 Å². The molecule has 0 saturated carbocycles. The van der Waals surface area contributed by atoms with Gasteiger partial charge < -0.3 is 10.1 Å². The van der Waals surface area contributed by atoms with Crippen molar-refractivity contribution in [1.29, 1.82) is 0 Å². The molecule has 1 aromatic carbocycles. The van der Waals surface area contributed by atoms with Crippen molar-refractivity contribution < 1.29 is 9.53 Å². The number of halogens is 2. The molecule has 0 aliphatic carbocycles. The molecule has 130 valence electrons. The summed E-state index contributed by atoms with van der Waals surface area (Å²) in [4.78, 5) is 12.0. The van der Waals surface area contributed by atoms with Crippen LogP contribution in [0.15, 0.2) is 47.3 Å². The summed E-state index contributed by atoms with van der Waals surface area (Å²) in [6.45, 7) is 2.10. The monoisotopic (exact) mass is 423 g/mol. The van der Waals surface area contributed by atoms with Crippen LogP contribution in [0.2, 0.25) is 5.02 Å². The van der Waals surface area contributed by atoms with Crippen molar-refractivity contribution in [3.63, 3.8) is 0 Å². The van der Waals surface area contributed by atoms with Gasteiger partial charge in [-0.2, -0.15) is 10.2 Å². The lowest BCUT2D eigenvalue weighted by atomic mass is 10.3. The highest BCUT2D eigenvalue weighted by Gasteiger charge is 2.08. The third-order valence-corrected chi connectivity index (χ3v) is 4.19. The zero-order valence-corrected chi connectivity index (χ0v) is 15.7. The maximum Gasteiger partial charge on any atom is 0.246 e. The highest BCUT2D eigenvalue weighted by atomic mass is 79.9. The predicted octanol–water partition coefficient (Wildman–Crippen LogP) is 3.48. The Morgan fingerprint density at radius 2 is 2.04 bits per heavy atom. The second-order valence-electron chi connectivity index (χ2n) is 5.30. The zero-order valence-electron chi connectivity index (χ0n) is 13.3. The van der Waals surface area contributed by atoms with E-state index in [9.17, 15) is 4.79 Å². The first-order chi connectivity index (χ1) is 12.0. The SMILES string of the molecule is Cc1nn(CC(=O)Nc2cnn(COc3ccc(Br)cc3)c2)cc1Cl. The number of ether oxygens (including phenoxy) is 1. The van der Waals surface area contributed by atoms with E-state index in [0.717, 1.165) is 10.2 Å². The molecule has 9 heteroatoms. The van der Waals surface area contributed by atoms with Crippen molar-refractivity contribution in [1.82, 2.24) is 19.6 Å². The highest BCUT2D eigenvalue weighted by Crippen LogP contribution is 2.17. The molecule has 0 radical (unpaired) electrons. The number of nitrogens with zero attached hydrogens (tertiary/aromatic N) is 4. The number of carbonyl (C=O) groups is 1. The van der Waals surface area contributed by atoms with Crippen LogP contribution in [0.3, 0.4) is 0 Å². The Hall–Kier alpha value is -2.32. The molecule has 25 heavy (non-hydrogen) atoms. The molecule has 0 unspecified atom stereocenters. The van der Waals surface area contributed by atoms with Crippen LogP contribution in [-0.2, 0) is 18.1 Å². The lowest BCUT2D eigenvalue weighted by Gasteiger charge is -2.06. The molecule has 0 aliphatic rings. The molecule has 1 amide bonds. The van der Waals surface area contributed by atoms with E-state index in [2.05, 4.69) is 31.4 Å². The first-order valence-electron chi connectivity index (χ1n) is 7.40. The number of amides is 1. The largest absolute Gasteiger partial charge is 0.471 e. The molecule has 0 saturated heterocycles. The second kappa shape index (κ2) is 7.71. The van der Waals surface area contributed by atoms with Gasteiger partial charge in [-0.05, 0) is 31.2 Å². The summed E-state index contributed by atoms with van der Waals surface area (Å²) in [6, 6.07) is 7.50. The van der Waals surface area contributed by atoms with Gasteiger partial charge in [0.05, 0.1) is 28.8 Å². The predicted molar refractivity (Wildman–Crippen MR) is 97.6 cm³/mol. The van der Waals surface area contributed by atoms with Gasteiger partial charge in [0, 0.05) is 10.7 Å². The van der Waals surface area contributed by atoms with Gasteiger partial charge in [-0.1, -0.05) is 27.5 Å². The fourth-order valence-corrected chi connectivity index (χ4v) is 2.51. The van der Waals surface area contributed by atoms with Crippen molar-refractivity contribution in [2.24, 2.45) is 0 Å². The molecule has 2 aromatic heterocycles. The lowest BCUT2D eigenvalue weighted by molar-refractivity contribution is -0.116. The summed E-state index contributed by atoms with van der Waals surface area (Å²) < 4.78 is 9.68. The van der Waals surface area contributed by atoms with Gasteiger partial charge in [0.15, 0.2) is 6.73 Å². The topological polar surface area (TPSA) is 74.0 Å². The van der Waals surface area contributed by atoms with E-state index in [1.54, 1.807) is 30.2 Å². The van der Waals surface area contributed by atoms with Crippen LogP contribution in [0.5, 0.6) is 5.75 Å². The molecular weight excluding hydrogens is 410 g/mol. The van der Waals surface area contributed by atoms with Crippen LogP contribution in [0.25, 0.3) is 0 Å². The summed E-state index contributed by atoms with van der Waals surface area (Å²) in [5, 5.41) is 11.6. The van der Waals surface area contributed by atoms with Crippen molar-refractivity contribution in [3.8, 4) is 5.75 Å². The van der Waals surface area contributed by atoms with E-state index in [-0.39, 0.29) is 19.2 Å². The molecule has 3 aromatic rings. The van der Waals surface area contributed by atoms with Gasteiger partial charge in [0.25, 0.3) is 0 Å². The van der Waals surface area contributed by atoms with Crippen molar-refractivity contribution in [2.45, 2.75) is 20.2 Å². The fraction of sp³-hybridized carbons (Fsp3) is 0.188. The normalized spacial score (nSPS) is 10.7. The van der Waals surface area contributed by atoms with E-state index < -0.39 is 0 Å². The summed E-state index contributed by atoms with van der Waals surface area (Å²) in [5.74, 6) is 0.516.